The first-order chi connectivity index (χ1) is 9.62. The van der Waals surface area contributed by atoms with Gasteiger partial charge < -0.3 is 5.73 Å². The van der Waals surface area contributed by atoms with E-state index in [0.29, 0.717) is 25.0 Å². The van der Waals surface area contributed by atoms with Crippen LogP contribution in [0.4, 0.5) is 13.2 Å². The zero-order chi connectivity index (χ0) is 15.8. The highest BCUT2D eigenvalue weighted by Gasteiger charge is 2.34. The summed E-state index contributed by atoms with van der Waals surface area (Å²) in [6.45, 7) is 0.474. The quantitative estimate of drug-likeness (QED) is 0.898. The number of alkyl halides is 3. The third kappa shape index (κ3) is 3.50. The first kappa shape index (κ1) is 16.5. The van der Waals surface area contributed by atoms with E-state index in [9.17, 15) is 21.6 Å². The third-order valence-corrected chi connectivity index (χ3v) is 5.76. The molecule has 1 fully saturated rings. The van der Waals surface area contributed by atoms with E-state index in [1.54, 1.807) is 0 Å². The van der Waals surface area contributed by atoms with E-state index in [2.05, 4.69) is 0 Å². The molecule has 1 aliphatic rings. The maximum Gasteiger partial charge on any atom is 0.416 e. The zero-order valence-corrected chi connectivity index (χ0v) is 12.5. The number of nitrogens with two attached hydrogens (primary N) is 1. The summed E-state index contributed by atoms with van der Waals surface area (Å²) in [5, 5.41) is -0.431. The Morgan fingerprint density at radius 2 is 1.81 bits per heavy atom. The van der Waals surface area contributed by atoms with E-state index >= 15 is 0 Å². The van der Waals surface area contributed by atoms with E-state index in [0.717, 1.165) is 6.07 Å². The molecule has 1 aliphatic heterocycles. The van der Waals surface area contributed by atoms with Crippen LogP contribution in [-0.2, 0) is 16.2 Å². The first-order valence-corrected chi connectivity index (χ1v) is 8.06. The number of halogens is 4. The number of nitrogens with zero attached hydrogens (tertiary/aromatic N) is 1. The molecule has 1 aromatic carbocycles. The van der Waals surface area contributed by atoms with E-state index in [4.69, 9.17) is 17.3 Å². The lowest BCUT2D eigenvalue weighted by Crippen LogP contribution is -2.42. The summed E-state index contributed by atoms with van der Waals surface area (Å²) >= 11 is 5.74. The van der Waals surface area contributed by atoms with Crippen LogP contribution in [0.3, 0.4) is 0 Å². The van der Waals surface area contributed by atoms with Crippen molar-refractivity contribution in [3.63, 3.8) is 0 Å². The fourth-order valence-corrected chi connectivity index (χ4v) is 4.13. The van der Waals surface area contributed by atoms with Crippen LogP contribution in [0.25, 0.3) is 0 Å². The van der Waals surface area contributed by atoms with E-state index in [1.165, 1.54) is 4.31 Å². The second-order valence-corrected chi connectivity index (χ2v) is 7.20. The smallest absolute Gasteiger partial charge is 0.328 e. The molecular weight excluding hydrogens is 329 g/mol. The number of piperidine rings is 1. The van der Waals surface area contributed by atoms with Gasteiger partial charge in [-0.25, -0.2) is 8.42 Å². The highest BCUT2D eigenvalue weighted by atomic mass is 35.5. The van der Waals surface area contributed by atoms with Crippen LogP contribution >= 0.6 is 11.6 Å². The van der Waals surface area contributed by atoms with Crippen molar-refractivity contribution in [1.29, 1.82) is 0 Å². The van der Waals surface area contributed by atoms with Gasteiger partial charge in [-0.15, -0.1) is 0 Å². The minimum Gasteiger partial charge on any atom is -0.328 e. The molecule has 0 radical (unpaired) electrons. The van der Waals surface area contributed by atoms with Gasteiger partial charge >= 0.3 is 6.18 Å². The lowest BCUT2D eigenvalue weighted by atomic mass is 10.1. The Kier molecular flexibility index (Phi) is 4.53. The highest BCUT2D eigenvalue weighted by Crippen LogP contribution is 2.34. The first-order valence-electron chi connectivity index (χ1n) is 6.25. The lowest BCUT2D eigenvalue weighted by Gasteiger charge is -2.29. The molecule has 9 heteroatoms. The number of hydrogen-bond donors (Lipinski definition) is 1. The predicted molar refractivity (Wildman–Crippen MR) is 72.4 cm³/mol. The van der Waals surface area contributed by atoms with Crippen LogP contribution in [0.5, 0.6) is 0 Å². The number of hydrogen-bond acceptors (Lipinski definition) is 3. The van der Waals surface area contributed by atoms with Crippen LogP contribution in [0, 0.1) is 0 Å². The van der Waals surface area contributed by atoms with Gasteiger partial charge in [0.1, 0.15) is 4.90 Å². The third-order valence-electron chi connectivity index (χ3n) is 3.38. The molecule has 21 heavy (non-hydrogen) atoms. The van der Waals surface area contributed by atoms with Crippen LogP contribution in [0.2, 0.25) is 5.02 Å². The molecular formula is C12H14ClF3N2O2S. The van der Waals surface area contributed by atoms with Gasteiger partial charge in [-0.3, -0.25) is 0 Å². The van der Waals surface area contributed by atoms with Crippen molar-refractivity contribution in [2.45, 2.75) is 30.0 Å². The number of rotatable bonds is 2. The fraction of sp³-hybridized carbons (Fsp3) is 0.500. The summed E-state index contributed by atoms with van der Waals surface area (Å²) in [5.41, 5.74) is 4.72. The molecule has 2 rings (SSSR count). The van der Waals surface area contributed by atoms with E-state index in [1.807, 2.05) is 0 Å². The van der Waals surface area contributed by atoms with Gasteiger partial charge in [-0.05, 0) is 31.0 Å². The van der Waals surface area contributed by atoms with Gasteiger partial charge in [0.05, 0.1) is 10.6 Å². The zero-order valence-electron chi connectivity index (χ0n) is 10.9. The Morgan fingerprint density at radius 1 is 1.24 bits per heavy atom. The SMILES string of the molecule is NC1CCN(S(=O)(=O)c2ccc(C(F)(F)F)cc2Cl)CC1. The summed E-state index contributed by atoms with van der Waals surface area (Å²) in [6, 6.07) is 2.19. The molecule has 0 spiro atoms. The Morgan fingerprint density at radius 3 is 2.29 bits per heavy atom. The van der Waals surface area contributed by atoms with Gasteiger partial charge in [-0.1, -0.05) is 11.6 Å². The summed E-state index contributed by atoms with van der Waals surface area (Å²) in [5.74, 6) is 0. The van der Waals surface area contributed by atoms with Gasteiger partial charge in [-0.2, -0.15) is 17.5 Å². The molecule has 0 atom stereocenters. The average molecular weight is 343 g/mol. The summed E-state index contributed by atoms with van der Waals surface area (Å²) in [4.78, 5) is -0.312. The van der Waals surface area contributed by atoms with Crippen molar-refractivity contribution < 1.29 is 21.6 Å². The highest BCUT2D eigenvalue weighted by molar-refractivity contribution is 7.89. The van der Waals surface area contributed by atoms with Crippen molar-refractivity contribution in [3.05, 3.63) is 28.8 Å². The Bertz CT molecular complexity index is 626. The predicted octanol–water partition coefficient (Wildman–Crippen LogP) is 2.47. The molecule has 1 saturated heterocycles. The maximum atomic E-state index is 12.6. The average Bonchev–Trinajstić information content (AvgIpc) is 2.37. The van der Waals surface area contributed by atoms with Crippen LogP contribution in [0.1, 0.15) is 18.4 Å². The molecule has 4 nitrogen and oxygen atoms in total. The molecule has 0 unspecified atom stereocenters. The Labute approximate surface area is 125 Å². The second-order valence-electron chi connectivity index (χ2n) is 4.88. The number of sulfonamides is 1. The normalized spacial score (nSPS) is 18.9. The van der Waals surface area contributed by atoms with E-state index < -0.39 is 26.8 Å². The van der Waals surface area contributed by atoms with Gasteiger partial charge in [0.25, 0.3) is 0 Å². The minimum absolute atomic E-state index is 0.0560. The van der Waals surface area contributed by atoms with Gasteiger partial charge in [0.15, 0.2) is 0 Å². The molecule has 0 amide bonds. The second kappa shape index (κ2) is 5.75. The summed E-state index contributed by atoms with van der Waals surface area (Å²) in [6.07, 6.45) is -3.54. The Hall–Kier alpha value is -0.830. The molecule has 118 valence electrons. The molecule has 1 aromatic rings. The lowest BCUT2D eigenvalue weighted by molar-refractivity contribution is -0.137. The summed E-state index contributed by atoms with van der Waals surface area (Å²) in [7, 11) is -3.90. The molecule has 0 aromatic heterocycles. The maximum absolute atomic E-state index is 12.6. The van der Waals surface area contributed by atoms with Crippen LogP contribution in [0.15, 0.2) is 23.1 Å². The molecule has 1 heterocycles. The van der Waals surface area contributed by atoms with Crippen molar-refractivity contribution in [2.24, 2.45) is 5.73 Å². The van der Waals surface area contributed by atoms with Crippen LogP contribution < -0.4 is 5.73 Å². The molecule has 0 bridgehead atoms. The van der Waals surface area contributed by atoms with Crippen molar-refractivity contribution in [1.82, 2.24) is 4.31 Å². The molecule has 0 aliphatic carbocycles. The monoisotopic (exact) mass is 342 g/mol. The molecule has 2 N–H and O–H groups in total. The van der Waals surface area contributed by atoms with Crippen LogP contribution in [-0.4, -0.2) is 31.9 Å². The number of benzene rings is 1. The van der Waals surface area contributed by atoms with Crippen molar-refractivity contribution in [2.75, 3.05) is 13.1 Å². The molecule has 0 saturated carbocycles. The topological polar surface area (TPSA) is 63.4 Å². The Balaban J connectivity index is 2.33. The van der Waals surface area contributed by atoms with Crippen molar-refractivity contribution in [3.8, 4) is 0 Å². The van der Waals surface area contributed by atoms with Gasteiger partial charge in [0.2, 0.25) is 10.0 Å². The minimum atomic E-state index is -4.57. The van der Waals surface area contributed by atoms with Crippen molar-refractivity contribution >= 4 is 21.6 Å². The largest absolute Gasteiger partial charge is 0.416 e. The standard InChI is InChI=1S/C12H14ClF3N2O2S/c13-10-7-8(12(14,15)16)1-2-11(10)21(19,20)18-5-3-9(17)4-6-18/h1-2,7,9H,3-6,17H2. The fourth-order valence-electron chi connectivity index (χ4n) is 2.14. The van der Waals surface area contributed by atoms with Gasteiger partial charge in [0, 0.05) is 19.1 Å². The van der Waals surface area contributed by atoms with E-state index in [-0.39, 0.29) is 24.0 Å². The summed E-state index contributed by atoms with van der Waals surface area (Å²) < 4.78 is 63.7.